The van der Waals surface area contributed by atoms with Gasteiger partial charge in [-0.15, -0.1) is 0 Å². The number of aromatic nitrogens is 2. The molecule has 0 bridgehead atoms. The zero-order chi connectivity index (χ0) is 16.7. The first-order valence-corrected chi connectivity index (χ1v) is 7.74. The average molecular weight is 312 g/mol. The van der Waals surface area contributed by atoms with Gasteiger partial charge in [-0.2, -0.15) is 0 Å². The minimum Gasteiger partial charge on any atom is -0.399 e. The van der Waals surface area contributed by atoms with Gasteiger partial charge in [0, 0.05) is 12.4 Å². The molecule has 2 aromatic rings. The van der Waals surface area contributed by atoms with Crippen LogP contribution in [0.1, 0.15) is 33.3 Å². The molecule has 5 nitrogen and oxygen atoms in total. The van der Waals surface area contributed by atoms with E-state index in [1.807, 2.05) is 52.0 Å². The number of hydrogen-bond acceptors (Lipinski definition) is 4. The monoisotopic (exact) mass is 312 g/mol. The Labute approximate surface area is 136 Å². The molecule has 0 saturated carbocycles. The molecule has 1 aromatic carbocycles. The molecule has 23 heavy (non-hydrogen) atoms. The molecule has 1 saturated heterocycles. The van der Waals surface area contributed by atoms with Crippen LogP contribution in [0.25, 0.3) is 0 Å². The Bertz CT molecular complexity index is 754. The van der Waals surface area contributed by atoms with Crippen LogP contribution in [-0.2, 0) is 15.9 Å². The summed E-state index contributed by atoms with van der Waals surface area (Å²) in [6.45, 7) is 8.58. The SMILES string of the molecule is CC1(C)OB(c2ccccc2Cn2ccncc2=O)OC1(C)C. The minimum atomic E-state index is -0.436. The summed E-state index contributed by atoms with van der Waals surface area (Å²) in [5, 5.41) is 0. The van der Waals surface area contributed by atoms with Crippen LogP contribution in [0, 0.1) is 0 Å². The predicted octanol–water partition coefficient (Wildman–Crippen LogP) is 1.59. The van der Waals surface area contributed by atoms with E-state index in [1.54, 1.807) is 17.0 Å². The first-order valence-electron chi connectivity index (χ1n) is 7.74. The Morgan fingerprint density at radius 1 is 1.13 bits per heavy atom. The third kappa shape index (κ3) is 2.96. The molecule has 0 radical (unpaired) electrons. The standard InChI is InChI=1S/C17H21BN2O3/c1-16(2)17(3,4)23-18(22-16)14-8-6-5-7-13(14)12-20-10-9-19-11-15(20)21/h5-11H,12H2,1-4H3. The third-order valence-corrected chi connectivity index (χ3v) is 4.70. The smallest absolute Gasteiger partial charge is 0.399 e. The summed E-state index contributed by atoms with van der Waals surface area (Å²) in [7, 11) is -0.436. The molecule has 1 aliphatic heterocycles. The Balaban J connectivity index is 1.94. The summed E-state index contributed by atoms with van der Waals surface area (Å²) in [6, 6.07) is 7.90. The molecule has 0 N–H and O–H groups in total. The highest BCUT2D eigenvalue weighted by Gasteiger charge is 2.52. The van der Waals surface area contributed by atoms with Gasteiger partial charge < -0.3 is 13.9 Å². The van der Waals surface area contributed by atoms with Gasteiger partial charge in [0.2, 0.25) is 0 Å². The van der Waals surface area contributed by atoms with Crippen molar-refractivity contribution in [2.24, 2.45) is 0 Å². The highest BCUT2D eigenvalue weighted by molar-refractivity contribution is 6.62. The van der Waals surface area contributed by atoms with Crippen LogP contribution < -0.4 is 11.0 Å². The lowest BCUT2D eigenvalue weighted by Gasteiger charge is -2.32. The fourth-order valence-corrected chi connectivity index (χ4v) is 2.57. The number of benzene rings is 1. The molecular weight excluding hydrogens is 291 g/mol. The zero-order valence-electron chi connectivity index (χ0n) is 13.9. The maximum Gasteiger partial charge on any atom is 0.495 e. The second-order valence-corrected chi connectivity index (χ2v) is 6.83. The zero-order valence-corrected chi connectivity index (χ0v) is 13.9. The van der Waals surface area contributed by atoms with Crippen LogP contribution in [0.5, 0.6) is 0 Å². The molecule has 0 unspecified atom stereocenters. The maximum absolute atomic E-state index is 11.9. The number of hydrogen-bond donors (Lipinski definition) is 0. The third-order valence-electron chi connectivity index (χ3n) is 4.70. The topological polar surface area (TPSA) is 53.4 Å². The van der Waals surface area contributed by atoms with Crippen molar-refractivity contribution in [2.75, 3.05) is 0 Å². The summed E-state index contributed by atoms with van der Waals surface area (Å²) in [4.78, 5) is 15.7. The summed E-state index contributed by atoms with van der Waals surface area (Å²) in [5.74, 6) is 0. The van der Waals surface area contributed by atoms with E-state index in [0.29, 0.717) is 6.54 Å². The van der Waals surface area contributed by atoms with Gasteiger partial charge in [-0.3, -0.25) is 9.78 Å². The number of nitrogens with zero attached hydrogens (tertiary/aromatic N) is 2. The fraction of sp³-hybridized carbons (Fsp3) is 0.412. The van der Waals surface area contributed by atoms with Gasteiger partial charge in [-0.1, -0.05) is 24.3 Å². The molecule has 0 amide bonds. The summed E-state index contributed by atoms with van der Waals surface area (Å²) in [5.41, 5.74) is 1.04. The predicted molar refractivity (Wildman–Crippen MR) is 89.8 cm³/mol. The van der Waals surface area contributed by atoms with Gasteiger partial charge >= 0.3 is 7.12 Å². The normalized spacial score (nSPS) is 19.0. The van der Waals surface area contributed by atoms with E-state index in [-0.39, 0.29) is 5.56 Å². The summed E-state index contributed by atoms with van der Waals surface area (Å²) < 4.78 is 13.9. The Morgan fingerprint density at radius 3 is 2.43 bits per heavy atom. The Kier molecular flexibility index (Phi) is 3.90. The number of rotatable bonds is 3. The van der Waals surface area contributed by atoms with Gasteiger partial charge in [0.25, 0.3) is 5.56 Å². The van der Waals surface area contributed by atoms with E-state index in [2.05, 4.69) is 4.98 Å². The lowest BCUT2D eigenvalue weighted by atomic mass is 9.76. The van der Waals surface area contributed by atoms with Gasteiger partial charge in [-0.25, -0.2) is 0 Å². The summed E-state index contributed by atoms with van der Waals surface area (Å²) in [6.07, 6.45) is 4.61. The molecule has 0 aliphatic carbocycles. The molecule has 1 aliphatic rings. The van der Waals surface area contributed by atoms with Gasteiger partial charge in [0.1, 0.15) is 0 Å². The average Bonchev–Trinajstić information content (AvgIpc) is 2.70. The van der Waals surface area contributed by atoms with Crippen LogP contribution in [0.2, 0.25) is 0 Å². The van der Waals surface area contributed by atoms with E-state index in [0.717, 1.165) is 11.0 Å². The highest BCUT2D eigenvalue weighted by atomic mass is 16.7. The second kappa shape index (κ2) is 5.62. The van der Waals surface area contributed by atoms with Crippen LogP contribution >= 0.6 is 0 Å². The van der Waals surface area contributed by atoms with Crippen LogP contribution in [0.15, 0.2) is 47.7 Å². The lowest BCUT2D eigenvalue weighted by Crippen LogP contribution is -2.41. The van der Waals surface area contributed by atoms with E-state index >= 15 is 0 Å². The highest BCUT2D eigenvalue weighted by Crippen LogP contribution is 2.36. The van der Waals surface area contributed by atoms with Crippen molar-refractivity contribution in [3.63, 3.8) is 0 Å². The van der Waals surface area contributed by atoms with E-state index in [4.69, 9.17) is 9.31 Å². The van der Waals surface area contributed by atoms with Gasteiger partial charge in [-0.05, 0) is 38.7 Å². The maximum atomic E-state index is 11.9. The first kappa shape index (κ1) is 16.0. The lowest BCUT2D eigenvalue weighted by molar-refractivity contribution is 0.00578. The van der Waals surface area contributed by atoms with E-state index < -0.39 is 18.3 Å². The summed E-state index contributed by atoms with van der Waals surface area (Å²) >= 11 is 0. The van der Waals surface area contributed by atoms with Crippen molar-refractivity contribution in [1.82, 2.24) is 9.55 Å². The molecule has 6 heteroatoms. The van der Waals surface area contributed by atoms with Crippen LogP contribution in [-0.4, -0.2) is 27.9 Å². The van der Waals surface area contributed by atoms with Crippen molar-refractivity contribution in [1.29, 1.82) is 0 Å². The molecule has 1 aromatic heterocycles. The van der Waals surface area contributed by atoms with Crippen molar-refractivity contribution < 1.29 is 9.31 Å². The molecule has 120 valence electrons. The molecular formula is C17H21BN2O3. The Hall–Kier alpha value is -1.92. The van der Waals surface area contributed by atoms with Crippen molar-refractivity contribution in [3.8, 4) is 0 Å². The Morgan fingerprint density at radius 2 is 1.78 bits per heavy atom. The van der Waals surface area contributed by atoms with Gasteiger partial charge in [0.05, 0.1) is 23.9 Å². The second-order valence-electron chi connectivity index (χ2n) is 6.83. The minimum absolute atomic E-state index is 0.128. The van der Waals surface area contributed by atoms with E-state index in [9.17, 15) is 4.79 Å². The molecule has 0 spiro atoms. The largest absolute Gasteiger partial charge is 0.495 e. The van der Waals surface area contributed by atoms with Crippen molar-refractivity contribution in [2.45, 2.75) is 45.4 Å². The van der Waals surface area contributed by atoms with E-state index in [1.165, 1.54) is 6.20 Å². The molecule has 2 heterocycles. The fourth-order valence-electron chi connectivity index (χ4n) is 2.57. The van der Waals surface area contributed by atoms with Gasteiger partial charge in [0.15, 0.2) is 0 Å². The first-order chi connectivity index (χ1) is 10.8. The van der Waals surface area contributed by atoms with Crippen LogP contribution in [0.4, 0.5) is 0 Å². The quantitative estimate of drug-likeness (QED) is 0.808. The van der Waals surface area contributed by atoms with Crippen molar-refractivity contribution in [3.05, 3.63) is 58.8 Å². The van der Waals surface area contributed by atoms with Crippen LogP contribution in [0.3, 0.4) is 0 Å². The molecule has 0 atom stereocenters. The molecule has 1 fully saturated rings. The van der Waals surface area contributed by atoms with Crippen molar-refractivity contribution >= 4 is 12.6 Å². The molecule has 3 rings (SSSR count).